The zero-order valence-corrected chi connectivity index (χ0v) is 10.9. The van der Waals surface area contributed by atoms with E-state index in [4.69, 9.17) is 9.66 Å². The molecule has 2 aromatic rings. The van der Waals surface area contributed by atoms with Gasteiger partial charge < -0.3 is 10.4 Å². The fourth-order valence-corrected chi connectivity index (χ4v) is 1.94. The summed E-state index contributed by atoms with van der Waals surface area (Å²) in [6.45, 7) is 0. The molecule has 0 amide bonds. The summed E-state index contributed by atoms with van der Waals surface area (Å²) in [6, 6.07) is 2.74. The third-order valence-electron chi connectivity index (χ3n) is 2.31. The lowest BCUT2D eigenvalue weighted by molar-refractivity contribution is 0.0698. The Balaban J connectivity index is 2.51. The van der Waals surface area contributed by atoms with E-state index >= 15 is 0 Å². The van der Waals surface area contributed by atoms with Crippen LogP contribution in [0.4, 0.5) is 16.0 Å². The van der Waals surface area contributed by atoms with Crippen LogP contribution in [-0.2, 0) is 10.1 Å². The molecule has 0 aliphatic rings. The van der Waals surface area contributed by atoms with E-state index in [9.17, 15) is 17.6 Å². The number of carboxylic acid groups (broad SMARTS) is 1. The maximum atomic E-state index is 12.8. The average molecular weight is 314 g/mol. The highest BCUT2D eigenvalue weighted by atomic mass is 32.2. The van der Waals surface area contributed by atoms with E-state index in [0.717, 1.165) is 24.5 Å². The van der Waals surface area contributed by atoms with Crippen molar-refractivity contribution < 1.29 is 27.3 Å². The van der Waals surface area contributed by atoms with Crippen molar-refractivity contribution in [3.05, 3.63) is 36.2 Å². The zero-order valence-electron chi connectivity index (χ0n) is 10.1. The minimum absolute atomic E-state index is 0.233. The fraction of sp³-hybridized carbons (Fsp3) is 0. The van der Waals surface area contributed by atoms with Gasteiger partial charge in [0, 0.05) is 0 Å². The Morgan fingerprint density at radius 2 is 2.00 bits per heavy atom. The van der Waals surface area contributed by atoms with Crippen LogP contribution in [0.5, 0.6) is 0 Å². The van der Waals surface area contributed by atoms with Crippen molar-refractivity contribution in [2.75, 3.05) is 5.32 Å². The van der Waals surface area contributed by atoms with E-state index in [1.807, 2.05) is 0 Å². The molecule has 0 atom stereocenters. The van der Waals surface area contributed by atoms with E-state index in [1.54, 1.807) is 0 Å². The summed E-state index contributed by atoms with van der Waals surface area (Å²) in [5.41, 5.74) is -0.550. The van der Waals surface area contributed by atoms with Gasteiger partial charge in [-0.15, -0.1) is 0 Å². The molecule has 0 saturated heterocycles. The van der Waals surface area contributed by atoms with E-state index in [1.165, 1.54) is 0 Å². The number of carbonyl (C=O) groups is 1. The first kappa shape index (κ1) is 14.7. The maximum absolute atomic E-state index is 12.8. The summed E-state index contributed by atoms with van der Waals surface area (Å²) in [6.07, 6.45) is -0.257. The van der Waals surface area contributed by atoms with Gasteiger partial charge in [-0.05, 0) is 18.2 Å². The zero-order chi connectivity index (χ0) is 15.6. The van der Waals surface area contributed by atoms with Crippen molar-refractivity contribution in [1.29, 1.82) is 0 Å². The smallest absolute Gasteiger partial charge is 0.337 e. The van der Waals surface area contributed by atoms with Crippen LogP contribution in [0.3, 0.4) is 0 Å². The third-order valence-corrected chi connectivity index (χ3v) is 3.16. The minimum atomic E-state index is -4.53. The molecular weight excluding hydrogens is 307 g/mol. The largest absolute Gasteiger partial charge is 0.478 e. The molecule has 0 fully saturated rings. The average Bonchev–Trinajstić information content (AvgIpc) is 2.37. The molecule has 1 heterocycles. The molecule has 0 spiro atoms. The van der Waals surface area contributed by atoms with Gasteiger partial charge in [0.2, 0.25) is 5.95 Å². The molecule has 0 aliphatic carbocycles. The van der Waals surface area contributed by atoms with Crippen molar-refractivity contribution in [2.24, 2.45) is 0 Å². The number of carboxylic acids is 1. The lowest BCUT2D eigenvalue weighted by Gasteiger charge is -2.09. The lowest BCUT2D eigenvalue weighted by Crippen LogP contribution is -2.08. The number of aromatic carboxylic acids is 1. The van der Waals surface area contributed by atoms with E-state index in [-0.39, 0.29) is 17.2 Å². The Labute approximate surface area is 117 Å². The summed E-state index contributed by atoms with van der Waals surface area (Å²) in [4.78, 5) is 20.4. The number of hydrogen-bond acceptors (Lipinski definition) is 7. The SMILES string of the molecule is O=C(O)c1ccc(S(=O)(=O)O)cc1Nc1ncnc(F)n1. The number of anilines is 2. The monoisotopic (exact) mass is 314 g/mol. The minimum Gasteiger partial charge on any atom is -0.478 e. The Bertz CT molecular complexity index is 811. The highest BCUT2D eigenvalue weighted by Gasteiger charge is 2.17. The molecule has 0 bridgehead atoms. The topological polar surface area (TPSA) is 142 Å². The highest BCUT2D eigenvalue weighted by Crippen LogP contribution is 2.23. The Morgan fingerprint density at radius 1 is 1.29 bits per heavy atom. The molecule has 0 radical (unpaired) electrons. The molecule has 2 rings (SSSR count). The second kappa shape index (κ2) is 5.38. The first-order valence-corrected chi connectivity index (χ1v) is 6.68. The first-order chi connectivity index (χ1) is 9.77. The Kier molecular flexibility index (Phi) is 3.78. The number of nitrogens with one attached hydrogen (secondary N) is 1. The number of nitrogens with zero attached hydrogens (tertiary/aromatic N) is 3. The number of halogens is 1. The van der Waals surface area contributed by atoms with Crippen LogP contribution in [-0.4, -0.2) is 39.0 Å². The van der Waals surface area contributed by atoms with Crippen LogP contribution in [0.25, 0.3) is 0 Å². The molecule has 1 aromatic carbocycles. The predicted molar refractivity (Wildman–Crippen MR) is 66.3 cm³/mol. The molecule has 0 saturated carbocycles. The van der Waals surface area contributed by atoms with Crippen molar-refractivity contribution in [3.63, 3.8) is 0 Å². The van der Waals surface area contributed by atoms with Crippen LogP contribution >= 0.6 is 0 Å². The van der Waals surface area contributed by atoms with Crippen molar-refractivity contribution in [1.82, 2.24) is 15.0 Å². The predicted octanol–water partition coefficient (Wildman–Crippen LogP) is 0.699. The molecule has 1 aromatic heterocycles. The van der Waals surface area contributed by atoms with Gasteiger partial charge in [-0.3, -0.25) is 4.55 Å². The van der Waals surface area contributed by atoms with E-state index < -0.39 is 27.1 Å². The van der Waals surface area contributed by atoms with Crippen molar-refractivity contribution in [3.8, 4) is 0 Å². The number of rotatable bonds is 4. The summed E-state index contributed by atoms with van der Waals surface area (Å²) in [5, 5.41) is 11.4. The van der Waals surface area contributed by atoms with Crippen molar-refractivity contribution >= 4 is 27.7 Å². The molecule has 110 valence electrons. The summed E-state index contributed by atoms with van der Waals surface area (Å²) < 4.78 is 43.9. The van der Waals surface area contributed by atoms with E-state index in [0.29, 0.717) is 0 Å². The molecule has 3 N–H and O–H groups in total. The highest BCUT2D eigenvalue weighted by molar-refractivity contribution is 7.85. The van der Waals surface area contributed by atoms with Gasteiger partial charge in [-0.2, -0.15) is 22.8 Å². The molecule has 0 aliphatic heterocycles. The van der Waals surface area contributed by atoms with Crippen molar-refractivity contribution in [2.45, 2.75) is 4.90 Å². The molecular formula is C10H7FN4O5S. The molecule has 11 heteroatoms. The standard InChI is InChI=1S/C10H7FN4O5S/c11-9-12-4-13-10(15-9)14-7-3-5(21(18,19)20)1-2-6(7)8(16)17/h1-4H,(H,16,17)(H,18,19,20)(H,12,13,14,15). The molecule has 9 nitrogen and oxygen atoms in total. The number of benzene rings is 1. The second-order valence-electron chi connectivity index (χ2n) is 3.69. The Morgan fingerprint density at radius 3 is 2.57 bits per heavy atom. The Hall–Kier alpha value is -2.66. The quantitative estimate of drug-likeness (QED) is 0.695. The van der Waals surface area contributed by atoms with Crippen LogP contribution in [0, 0.1) is 6.08 Å². The van der Waals surface area contributed by atoms with Gasteiger partial charge in [0.1, 0.15) is 6.33 Å². The number of hydrogen-bond donors (Lipinski definition) is 3. The first-order valence-electron chi connectivity index (χ1n) is 5.24. The van der Waals surface area contributed by atoms with Gasteiger partial charge in [-0.1, -0.05) is 0 Å². The third kappa shape index (κ3) is 3.46. The van der Waals surface area contributed by atoms with Crippen LogP contribution in [0.1, 0.15) is 10.4 Å². The van der Waals surface area contributed by atoms with Gasteiger partial charge in [-0.25, -0.2) is 9.78 Å². The van der Waals surface area contributed by atoms with Crippen LogP contribution < -0.4 is 5.32 Å². The van der Waals surface area contributed by atoms with Crippen LogP contribution in [0.2, 0.25) is 0 Å². The molecule has 21 heavy (non-hydrogen) atoms. The molecule has 0 unspecified atom stereocenters. The van der Waals surface area contributed by atoms with Gasteiger partial charge in [0.15, 0.2) is 0 Å². The fourth-order valence-electron chi connectivity index (χ4n) is 1.43. The summed E-state index contributed by atoms with van der Waals surface area (Å²) in [5.74, 6) is -1.69. The van der Waals surface area contributed by atoms with E-state index in [2.05, 4.69) is 20.3 Å². The van der Waals surface area contributed by atoms with Gasteiger partial charge in [0.25, 0.3) is 10.1 Å². The normalized spacial score (nSPS) is 11.1. The summed E-state index contributed by atoms with van der Waals surface area (Å²) >= 11 is 0. The number of aromatic nitrogens is 3. The van der Waals surface area contributed by atoms with Gasteiger partial charge in [0.05, 0.1) is 16.1 Å². The van der Waals surface area contributed by atoms with Gasteiger partial charge >= 0.3 is 12.0 Å². The maximum Gasteiger partial charge on any atom is 0.337 e. The summed E-state index contributed by atoms with van der Waals surface area (Å²) in [7, 11) is -4.53. The van der Waals surface area contributed by atoms with Crippen LogP contribution in [0.15, 0.2) is 29.4 Å². The lowest BCUT2D eigenvalue weighted by atomic mass is 10.2. The second-order valence-corrected chi connectivity index (χ2v) is 5.11.